The van der Waals surface area contributed by atoms with Crippen LogP contribution in [0.3, 0.4) is 0 Å². The van der Waals surface area contributed by atoms with E-state index in [4.69, 9.17) is 4.74 Å². The minimum absolute atomic E-state index is 0.102. The Hall–Kier alpha value is -0.590. The maximum absolute atomic E-state index is 5.80. The second-order valence-corrected chi connectivity index (χ2v) is 8.91. The van der Waals surface area contributed by atoms with E-state index in [1.165, 1.54) is 19.6 Å². The Bertz CT molecular complexity index is 650. The highest BCUT2D eigenvalue weighted by molar-refractivity contribution is 14.1. The number of ether oxygens (including phenoxy) is 1. The van der Waals surface area contributed by atoms with Crippen molar-refractivity contribution in [2.75, 3.05) is 13.2 Å². The lowest BCUT2D eigenvalue weighted by Crippen LogP contribution is -2.22. The average molecular weight is 413 g/mol. The average Bonchev–Trinajstić information content (AvgIpc) is 3.00. The van der Waals surface area contributed by atoms with E-state index < -0.39 is 0 Å². The molecule has 4 heteroatoms. The van der Waals surface area contributed by atoms with Gasteiger partial charge >= 0.3 is 0 Å². The maximum atomic E-state index is 5.80. The van der Waals surface area contributed by atoms with E-state index in [-0.39, 0.29) is 11.5 Å². The smallest absolute Gasteiger partial charge is 0.123 e. The number of nitrogens with one attached hydrogen (secondary N) is 1. The van der Waals surface area contributed by atoms with Gasteiger partial charge in [-0.05, 0) is 63.8 Å². The first-order valence-corrected chi connectivity index (χ1v) is 9.21. The molecule has 1 unspecified atom stereocenters. The molecule has 0 spiro atoms. The van der Waals surface area contributed by atoms with Crippen molar-refractivity contribution >= 4 is 33.9 Å². The van der Waals surface area contributed by atoms with E-state index in [1.54, 1.807) is 11.3 Å². The van der Waals surface area contributed by atoms with Crippen LogP contribution in [0.4, 0.5) is 0 Å². The summed E-state index contributed by atoms with van der Waals surface area (Å²) in [5.74, 6) is 1.04. The van der Waals surface area contributed by atoms with E-state index in [9.17, 15) is 0 Å². The Kier molecular flexibility index (Phi) is 4.30. The zero-order valence-electron chi connectivity index (χ0n) is 12.6. The SMILES string of the molecule is CCNC(c1csc(I)c1)c1ccc2c(c1)C(C)(C)CO2. The predicted molar refractivity (Wildman–Crippen MR) is 97.5 cm³/mol. The van der Waals surface area contributed by atoms with Crippen LogP contribution >= 0.6 is 33.9 Å². The van der Waals surface area contributed by atoms with Crippen molar-refractivity contribution in [2.24, 2.45) is 0 Å². The van der Waals surface area contributed by atoms with Gasteiger partial charge in [-0.25, -0.2) is 0 Å². The summed E-state index contributed by atoms with van der Waals surface area (Å²) in [7, 11) is 0. The minimum Gasteiger partial charge on any atom is -0.492 e. The number of hydrogen-bond donors (Lipinski definition) is 1. The largest absolute Gasteiger partial charge is 0.492 e. The molecule has 1 aromatic heterocycles. The van der Waals surface area contributed by atoms with Crippen LogP contribution in [0.5, 0.6) is 5.75 Å². The maximum Gasteiger partial charge on any atom is 0.123 e. The number of halogens is 1. The van der Waals surface area contributed by atoms with Crippen LogP contribution < -0.4 is 10.1 Å². The molecule has 2 aromatic rings. The van der Waals surface area contributed by atoms with Gasteiger partial charge in [0.2, 0.25) is 0 Å². The van der Waals surface area contributed by atoms with Gasteiger partial charge in [0.05, 0.1) is 15.5 Å². The molecule has 0 amide bonds. The Labute approximate surface area is 144 Å². The quantitative estimate of drug-likeness (QED) is 0.733. The highest BCUT2D eigenvalue weighted by atomic mass is 127. The topological polar surface area (TPSA) is 21.3 Å². The molecule has 0 saturated heterocycles. The summed E-state index contributed by atoms with van der Waals surface area (Å²) in [6, 6.07) is 9.17. The minimum atomic E-state index is 0.102. The fourth-order valence-corrected chi connectivity index (χ4v) is 4.22. The first kappa shape index (κ1) is 15.3. The molecule has 3 rings (SSSR count). The summed E-state index contributed by atoms with van der Waals surface area (Å²) in [5, 5.41) is 5.86. The Balaban J connectivity index is 2.01. The van der Waals surface area contributed by atoms with E-state index in [2.05, 4.69) is 78.3 Å². The van der Waals surface area contributed by atoms with Gasteiger partial charge in [-0.2, -0.15) is 0 Å². The van der Waals surface area contributed by atoms with E-state index in [0.29, 0.717) is 0 Å². The molecule has 1 aliphatic rings. The number of fused-ring (bicyclic) bond motifs is 1. The molecule has 0 aliphatic carbocycles. The first-order chi connectivity index (χ1) is 10.0. The standard InChI is InChI=1S/C17H20INOS/c1-4-19-16(12-8-15(18)21-9-12)11-5-6-14-13(7-11)17(2,3)10-20-14/h5-9,16,19H,4,10H2,1-3H3. The van der Waals surface area contributed by atoms with E-state index in [0.717, 1.165) is 18.9 Å². The summed E-state index contributed by atoms with van der Waals surface area (Å²) in [6.45, 7) is 8.38. The van der Waals surface area contributed by atoms with Crippen molar-refractivity contribution in [2.45, 2.75) is 32.2 Å². The number of thiophene rings is 1. The molecule has 0 saturated carbocycles. The summed E-state index contributed by atoms with van der Waals surface area (Å²) >= 11 is 4.19. The molecule has 21 heavy (non-hydrogen) atoms. The van der Waals surface area contributed by atoms with Crippen molar-refractivity contribution in [3.63, 3.8) is 0 Å². The molecular formula is C17H20INOS. The second-order valence-electron chi connectivity index (χ2n) is 6.10. The van der Waals surface area contributed by atoms with Crippen molar-refractivity contribution in [3.05, 3.63) is 49.2 Å². The number of hydrogen-bond acceptors (Lipinski definition) is 3. The van der Waals surface area contributed by atoms with Gasteiger partial charge < -0.3 is 10.1 Å². The Morgan fingerprint density at radius 3 is 2.81 bits per heavy atom. The van der Waals surface area contributed by atoms with Crippen molar-refractivity contribution in [1.29, 1.82) is 0 Å². The van der Waals surface area contributed by atoms with Crippen LogP contribution in [0.25, 0.3) is 0 Å². The monoisotopic (exact) mass is 413 g/mol. The molecule has 2 heterocycles. The summed E-state index contributed by atoms with van der Waals surface area (Å²) in [4.78, 5) is 0. The van der Waals surface area contributed by atoms with Crippen molar-refractivity contribution in [1.82, 2.24) is 5.32 Å². The molecule has 0 radical (unpaired) electrons. The van der Waals surface area contributed by atoms with Gasteiger partial charge in [0.1, 0.15) is 5.75 Å². The number of rotatable bonds is 4. The highest BCUT2D eigenvalue weighted by Crippen LogP contribution is 2.40. The van der Waals surface area contributed by atoms with E-state index >= 15 is 0 Å². The zero-order chi connectivity index (χ0) is 15.0. The Morgan fingerprint density at radius 2 is 2.14 bits per heavy atom. The molecule has 0 fully saturated rings. The van der Waals surface area contributed by atoms with Gasteiger partial charge in [0.25, 0.3) is 0 Å². The van der Waals surface area contributed by atoms with Crippen LogP contribution in [-0.2, 0) is 5.41 Å². The third-order valence-corrected chi connectivity index (χ3v) is 5.79. The molecular weight excluding hydrogens is 393 g/mol. The Morgan fingerprint density at radius 1 is 1.33 bits per heavy atom. The van der Waals surface area contributed by atoms with Crippen LogP contribution in [0, 0.1) is 2.88 Å². The zero-order valence-corrected chi connectivity index (χ0v) is 15.5. The third kappa shape index (κ3) is 2.98. The lowest BCUT2D eigenvalue weighted by atomic mass is 9.85. The molecule has 1 aliphatic heterocycles. The summed E-state index contributed by atoms with van der Waals surface area (Å²) < 4.78 is 7.13. The first-order valence-electron chi connectivity index (χ1n) is 7.26. The number of benzene rings is 1. The molecule has 1 N–H and O–H groups in total. The second kappa shape index (κ2) is 5.89. The normalized spacial score (nSPS) is 17.3. The van der Waals surface area contributed by atoms with Gasteiger partial charge in [-0.15, -0.1) is 11.3 Å². The fourth-order valence-electron chi connectivity index (χ4n) is 2.82. The van der Waals surface area contributed by atoms with Crippen LogP contribution in [-0.4, -0.2) is 13.2 Å². The molecule has 0 bridgehead atoms. The van der Waals surface area contributed by atoms with Crippen molar-refractivity contribution < 1.29 is 4.74 Å². The summed E-state index contributed by atoms with van der Waals surface area (Å²) in [6.07, 6.45) is 0. The van der Waals surface area contributed by atoms with Crippen LogP contribution in [0.2, 0.25) is 0 Å². The summed E-state index contributed by atoms with van der Waals surface area (Å²) in [5.41, 5.74) is 4.10. The molecule has 1 atom stereocenters. The van der Waals surface area contributed by atoms with Gasteiger partial charge in [0, 0.05) is 11.0 Å². The predicted octanol–water partition coefficient (Wildman–Crippen LogP) is 4.72. The van der Waals surface area contributed by atoms with Crippen LogP contribution in [0.1, 0.15) is 43.5 Å². The van der Waals surface area contributed by atoms with Gasteiger partial charge in [-0.3, -0.25) is 0 Å². The molecule has 112 valence electrons. The highest BCUT2D eigenvalue weighted by Gasteiger charge is 2.32. The molecule has 2 nitrogen and oxygen atoms in total. The lowest BCUT2D eigenvalue weighted by Gasteiger charge is -2.21. The van der Waals surface area contributed by atoms with Crippen LogP contribution in [0.15, 0.2) is 29.6 Å². The lowest BCUT2D eigenvalue weighted by molar-refractivity contribution is 0.291. The van der Waals surface area contributed by atoms with Crippen molar-refractivity contribution in [3.8, 4) is 5.75 Å². The van der Waals surface area contributed by atoms with Gasteiger partial charge in [0.15, 0.2) is 0 Å². The van der Waals surface area contributed by atoms with E-state index in [1.807, 2.05) is 0 Å². The van der Waals surface area contributed by atoms with Gasteiger partial charge in [-0.1, -0.05) is 26.8 Å². The molecule has 1 aromatic carbocycles. The third-order valence-electron chi connectivity index (χ3n) is 3.98. The fraction of sp³-hybridized carbons (Fsp3) is 0.412.